The normalized spacial score (nSPS) is 11.2. The average molecular weight is 227 g/mol. The summed E-state index contributed by atoms with van der Waals surface area (Å²) in [4.78, 5) is 2.05. The van der Waals surface area contributed by atoms with E-state index in [0.29, 0.717) is 6.54 Å². The van der Waals surface area contributed by atoms with Gasteiger partial charge in [-0.15, -0.1) is 0 Å². The molecule has 1 heterocycles. The number of hydrogen-bond acceptors (Lipinski definition) is 4. The highest BCUT2D eigenvalue weighted by molar-refractivity contribution is 5.50. The van der Waals surface area contributed by atoms with Crippen LogP contribution in [0, 0.1) is 6.92 Å². The topological polar surface area (TPSA) is 61.5 Å². The summed E-state index contributed by atoms with van der Waals surface area (Å²) < 4.78 is 1.76. The molecule has 0 spiro atoms. The number of anilines is 1. The monoisotopic (exact) mass is 227 g/mol. The van der Waals surface area contributed by atoms with Gasteiger partial charge < -0.3 is 15.1 Å². The molecule has 5 heteroatoms. The van der Waals surface area contributed by atoms with E-state index in [0.717, 1.165) is 17.1 Å². The van der Waals surface area contributed by atoms with Crippen LogP contribution in [0.2, 0.25) is 0 Å². The zero-order valence-electron chi connectivity index (χ0n) is 10.4. The molecule has 5 nitrogen and oxygen atoms in total. The van der Waals surface area contributed by atoms with Crippen molar-refractivity contribution >= 4 is 5.82 Å². The van der Waals surface area contributed by atoms with Crippen LogP contribution in [0.3, 0.4) is 0 Å². The molecule has 0 bridgehead atoms. The Morgan fingerprint density at radius 2 is 2.00 bits per heavy atom. The van der Waals surface area contributed by atoms with E-state index in [-0.39, 0.29) is 19.3 Å². The Morgan fingerprint density at radius 1 is 1.38 bits per heavy atom. The summed E-state index contributed by atoms with van der Waals surface area (Å²) in [5.41, 5.74) is 1.67. The maximum absolute atomic E-state index is 9.37. The second kappa shape index (κ2) is 5.32. The van der Waals surface area contributed by atoms with Crippen molar-refractivity contribution in [2.45, 2.75) is 33.4 Å². The van der Waals surface area contributed by atoms with Gasteiger partial charge in [-0.25, -0.2) is 0 Å². The number of aliphatic hydroxyl groups is 2. The molecule has 0 radical (unpaired) electrons. The van der Waals surface area contributed by atoms with E-state index in [1.165, 1.54) is 0 Å². The highest BCUT2D eigenvalue weighted by Crippen LogP contribution is 2.24. The third-order valence-electron chi connectivity index (χ3n) is 2.71. The van der Waals surface area contributed by atoms with Gasteiger partial charge in [0.05, 0.1) is 18.9 Å². The summed E-state index contributed by atoms with van der Waals surface area (Å²) in [6.45, 7) is 6.60. The van der Waals surface area contributed by atoms with Crippen molar-refractivity contribution in [2.24, 2.45) is 7.05 Å². The number of aliphatic hydroxyl groups excluding tert-OH is 2. The Bertz CT molecular complexity index is 347. The van der Waals surface area contributed by atoms with E-state index in [1.54, 1.807) is 4.68 Å². The molecule has 0 aliphatic heterocycles. The molecule has 0 aromatic carbocycles. The van der Waals surface area contributed by atoms with Crippen molar-refractivity contribution in [1.29, 1.82) is 0 Å². The van der Waals surface area contributed by atoms with Gasteiger partial charge in [0.15, 0.2) is 0 Å². The molecule has 0 saturated heterocycles. The second-order valence-electron chi connectivity index (χ2n) is 4.18. The van der Waals surface area contributed by atoms with Crippen LogP contribution in [-0.4, -0.2) is 39.2 Å². The third-order valence-corrected chi connectivity index (χ3v) is 2.71. The Kier molecular flexibility index (Phi) is 4.32. The first-order valence-corrected chi connectivity index (χ1v) is 5.53. The molecule has 2 N–H and O–H groups in total. The Balaban J connectivity index is 3.16. The van der Waals surface area contributed by atoms with Crippen LogP contribution in [0.1, 0.15) is 25.1 Å². The van der Waals surface area contributed by atoms with Gasteiger partial charge >= 0.3 is 0 Å². The number of hydrogen-bond donors (Lipinski definition) is 2. The number of aryl methyl sites for hydroxylation is 2. The number of rotatable bonds is 5. The van der Waals surface area contributed by atoms with Crippen molar-refractivity contribution < 1.29 is 10.2 Å². The summed E-state index contributed by atoms with van der Waals surface area (Å²) in [5, 5.41) is 22.7. The molecule has 1 rings (SSSR count). The fourth-order valence-corrected chi connectivity index (χ4v) is 1.95. The van der Waals surface area contributed by atoms with E-state index in [2.05, 4.69) is 18.9 Å². The standard InChI is InChI=1S/C11H21N3O2/c1-8(2)14(5-6-15)11-10(7-16)9(3)12-13(11)4/h8,15-16H,5-7H2,1-4H3. The minimum Gasteiger partial charge on any atom is -0.395 e. The molecule has 0 saturated carbocycles. The Labute approximate surface area is 96.3 Å². The Hall–Kier alpha value is -1.07. The van der Waals surface area contributed by atoms with E-state index < -0.39 is 0 Å². The van der Waals surface area contributed by atoms with Crippen molar-refractivity contribution in [1.82, 2.24) is 9.78 Å². The summed E-state index contributed by atoms with van der Waals surface area (Å²) >= 11 is 0. The van der Waals surface area contributed by atoms with Crippen molar-refractivity contribution in [3.05, 3.63) is 11.3 Å². The first-order chi connectivity index (χ1) is 7.52. The third kappa shape index (κ3) is 2.36. The Morgan fingerprint density at radius 3 is 2.44 bits per heavy atom. The van der Waals surface area contributed by atoms with Gasteiger partial charge in [0.1, 0.15) is 5.82 Å². The predicted octanol–water partition coefficient (Wildman–Crippen LogP) is 0.428. The van der Waals surface area contributed by atoms with E-state index in [9.17, 15) is 5.11 Å². The summed E-state index contributed by atoms with van der Waals surface area (Å²) in [5.74, 6) is 0.893. The average Bonchev–Trinajstić information content (AvgIpc) is 2.49. The maximum Gasteiger partial charge on any atom is 0.132 e. The lowest BCUT2D eigenvalue weighted by Crippen LogP contribution is -2.35. The molecular weight excluding hydrogens is 206 g/mol. The van der Waals surface area contributed by atoms with Gasteiger partial charge in [-0.05, 0) is 20.8 Å². The van der Waals surface area contributed by atoms with E-state index >= 15 is 0 Å². The molecule has 0 atom stereocenters. The molecule has 0 fully saturated rings. The zero-order chi connectivity index (χ0) is 12.3. The lowest BCUT2D eigenvalue weighted by atomic mass is 10.2. The van der Waals surface area contributed by atoms with Crippen LogP contribution in [0.5, 0.6) is 0 Å². The number of nitrogens with zero attached hydrogens (tertiary/aromatic N) is 3. The lowest BCUT2D eigenvalue weighted by Gasteiger charge is -2.28. The van der Waals surface area contributed by atoms with Gasteiger partial charge in [0.2, 0.25) is 0 Å². The molecule has 1 aromatic rings. The molecule has 92 valence electrons. The smallest absolute Gasteiger partial charge is 0.132 e. The number of aromatic nitrogens is 2. The quantitative estimate of drug-likeness (QED) is 0.765. The van der Waals surface area contributed by atoms with Gasteiger partial charge in [-0.3, -0.25) is 4.68 Å². The van der Waals surface area contributed by atoms with Crippen molar-refractivity contribution in [2.75, 3.05) is 18.1 Å². The minimum atomic E-state index is -0.0242. The highest BCUT2D eigenvalue weighted by Gasteiger charge is 2.20. The first-order valence-electron chi connectivity index (χ1n) is 5.53. The zero-order valence-corrected chi connectivity index (χ0v) is 10.4. The van der Waals surface area contributed by atoms with Crippen molar-refractivity contribution in [3.8, 4) is 0 Å². The SMILES string of the molecule is Cc1nn(C)c(N(CCO)C(C)C)c1CO. The fraction of sp³-hybridized carbons (Fsp3) is 0.727. The minimum absolute atomic E-state index is 0.0242. The van der Waals surface area contributed by atoms with Crippen LogP contribution in [0.4, 0.5) is 5.82 Å². The lowest BCUT2D eigenvalue weighted by molar-refractivity contribution is 0.279. The summed E-state index contributed by atoms with van der Waals surface area (Å²) in [7, 11) is 1.86. The molecule has 16 heavy (non-hydrogen) atoms. The molecule has 0 unspecified atom stereocenters. The second-order valence-corrected chi connectivity index (χ2v) is 4.18. The first kappa shape index (κ1) is 13.0. The van der Waals surface area contributed by atoms with E-state index in [1.807, 2.05) is 18.9 Å². The van der Waals surface area contributed by atoms with Gasteiger partial charge in [0.25, 0.3) is 0 Å². The molecule has 0 amide bonds. The van der Waals surface area contributed by atoms with Crippen molar-refractivity contribution in [3.63, 3.8) is 0 Å². The summed E-state index contributed by atoms with van der Waals surface area (Å²) in [6.07, 6.45) is 0. The van der Waals surface area contributed by atoms with Crippen LogP contribution in [0.15, 0.2) is 0 Å². The molecule has 1 aromatic heterocycles. The molecule has 0 aliphatic carbocycles. The van der Waals surface area contributed by atoms with E-state index in [4.69, 9.17) is 5.11 Å². The van der Waals surface area contributed by atoms with Crippen LogP contribution < -0.4 is 4.90 Å². The molecular formula is C11H21N3O2. The van der Waals surface area contributed by atoms with Gasteiger partial charge in [-0.2, -0.15) is 5.10 Å². The van der Waals surface area contributed by atoms with Gasteiger partial charge in [0, 0.05) is 25.2 Å². The highest BCUT2D eigenvalue weighted by atomic mass is 16.3. The molecule has 0 aliphatic rings. The van der Waals surface area contributed by atoms with Crippen LogP contribution in [0.25, 0.3) is 0 Å². The summed E-state index contributed by atoms with van der Waals surface area (Å²) in [6, 6.07) is 0.257. The fourth-order valence-electron chi connectivity index (χ4n) is 1.95. The van der Waals surface area contributed by atoms with Gasteiger partial charge in [-0.1, -0.05) is 0 Å². The van der Waals surface area contributed by atoms with Crippen LogP contribution in [-0.2, 0) is 13.7 Å². The largest absolute Gasteiger partial charge is 0.395 e. The van der Waals surface area contributed by atoms with Crippen LogP contribution >= 0.6 is 0 Å². The predicted molar refractivity (Wildman–Crippen MR) is 63.4 cm³/mol. The maximum atomic E-state index is 9.37.